The standard InChI is InChI=1S/C15H13FN2O2/c1-9(19)10-4-2-5-11(8-10)18-15(20)12-6-3-7-13(16)14(12)17/h2-8H,17H2,1H3,(H,18,20). The van der Waals surface area contributed by atoms with E-state index in [1.807, 2.05) is 0 Å². The van der Waals surface area contributed by atoms with Crippen LogP contribution in [0, 0.1) is 5.82 Å². The summed E-state index contributed by atoms with van der Waals surface area (Å²) in [7, 11) is 0. The summed E-state index contributed by atoms with van der Waals surface area (Å²) < 4.78 is 13.3. The predicted octanol–water partition coefficient (Wildman–Crippen LogP) is 2.86. The Kier molecular flexibility index (Phi) is 3.79. The summed E-state index contributed by atoms with van der Waals surface area (Å²) in [6, 6.07) is 10.5. The monoisotopic (exact) mass is 272 g/mol. The van der Waals surface area contributed by atoms with Gasteiger partial charge in [0.15, 0.2) is 5.78 Å². The van der Waals surface area contributed by atoms with Crippen LogP contribution in [0.25, 0.3) is 0 Å². The van der Waals surface area contributed by atoms with Gasteiger partial charge in [-0.25, -0.2) is 4.39 Å². The quantitative estimate of drug-likeness (QED) is 0.666. The Bertz CT molecular complexity index is 683. The average Bonchev–Trinajstić information content (AvgIpc) is 2.42. The van der Waals surface area contributed by atoms with Crippen LogP contribution in [0.5, 0.6) is 0 Å². The van der Waals surface area contributed by atoms with Crippen LogP contribution in [-0.4, -0.2) is 11.7 Å². The molecule has 0 atom stereocenters. The van der Waals surface area contributed by atoms with Crippen LogP contribution < -0.4 is 11.1 Å². The highest BCUT2D eigenvalue weighted by Gasteiger charge is 2.13. The molecular formula is C15H13FN2O2. The SMILES string of the molecule is CC(=O)c1cccc(NC(=O)c2cccc(F)c2N)c1. The van der Waals surface area contributed by atoms with Crippen LogP contribution in [0.4, 0.5) is 15.8 Å². The van der Waals surface area contributed by atoms with Gasteiger partial charge >= 0.3 is 0 Å². The van der Waals surface area contributed by atoms with Crippen LogP contribution in [0.3, 0.4) is 0 Å². The minimum Gasteiger partial charge on any atom is -0.396 e. The number of carbonyl (C=O) groups excluding carboxylic acids is 2. The van der Waals surface area contributed by atoms with Crippen molar-refractivity contribution >= 4 is 23.1 Å². The number of hydrogen-bond acceptors (Lipinski definition) is 3. The van der Waals surface area contributed by atoms with E-state index in [4.69, 9.17) is 5.73 Å². The predicted molar refractivity (Wildman–Crippen MR) is 75.2 cm³/mol. The highest BCUT2D eigenvalue weighted by molar-refractivity contribution is 6.08. The van der Waals surface area contributed by atoms with Crippen LogP contribution in [0.15, 0.2) is 42.5 Å². The van der Waals surface area contributed by atoms with Crippen molar-refractivity contribution in [3.8, 4) is 0 Å². The molecule has 0 saturated carbocycles. The molecule has 0 bridgehead atoms. The molecule has 2 rings (SSSR count). The first-order valence-corrected chi connectivity index (χ1v) is 5.95. The summed E-state index contributed by atoms with van der Waals surface area (Å²) in [5, 5.41) is 2.58. The van der Waals surface area contributed by atoms with Gasteiger partial charge in [-0.05, 0) is 31.2 Å². The molecule has 5 heteroatoms. The van der Waals surface area contributed by atoms with Crippen molar-refractivity contribution in [1.82, 2.24) is 0 Å². The highest BCUT2D eigenvalue weighted by atomic mass is 19.1. The first-order valence-electron chi connectivity index (χ1n) is 5.95. The normalized spacial score (nSPS) is 10.1. The van der Waals surface area contributed by atoms with E-state index in [0.29, 0.717) is 11.3 Å². The van der Waals surface area contributed by atoms with Crippen molar-refractivity contribution in [1.29, 1.82) is 0 Å². The largest absolute Gasteiger partial charge is 0.396 e. The van der Waals surface area contributed by atoms with Gasteiger partial charge in [0.05, 0.1) is 11.3 Å². The second kappa shape index (κ2) is 5.52. The molecule has 20 heavy (non-hydrogen) atoms. The number of carbonyl (C=O) groups is 2. The second-order valence-corrected chi connectivity index (χ2v) is 4.29. The molecule has 0 spiro atoms. The third-order valence-corrected chi connectivity index (χ3v) is 2.82. The number of rotatable bonds is 3. The Balaban J connectivity index is 2.26. The topological polar surface area (TPSA) is 72.2 Å². The van der Waals surface area contributed by atoms with Gasteiger partial charge in [0.1, 0.15) is 5.82 Å². The average molecular weight is 272 g/mol. The fraction of sp³-hybridized carbons (Fsp3) is 0.0667. The number of benzene rings is 2. The Morgan fingerprint density at radius 2 is 1.85 bits per heavy atom. The lowest BCUT2D eigenvalue weighted by molar-refractivity contribution is 0.101. The Morgan fingerprint density at radius 3 is 2.55 bits per heavy atom. The van der Waals surface area contributed by atoms with Crippen molar-refractivity contribution in [3.63, 3.8) is 0 Å². The smallest absolute Gasteiger partial charge is 0.257 e. The molecule has 4 nitrogen and oxygen atoms in total. The Hall–Kier alpha value is -2.69. The van der Waals surface area contributed by atoms with Gasteiger partial charge in [-0.3, -0.25) is 9.59 Å². The summed E-state index contributed by atoms with van der Waals surface area (Å²) in [5.74, 6) is -1.27. The summed E-state index contributed by atoms with van der Waals surface area (Å²) in [4.78, 5) is 23.3. The molecule has 2 aromatic carbocycles. The molecule has 0 aromatic heterocycles. The fourth-order valence-corrected chi connectivity index (χ4v) is 1.75. The van der Waals surface area contributed by atoms with Crippen LogP contribution >= 0.6 is 0 Å². The molecule has 0 radical (unpaired) electrons. The lowest BCUT2D eigenvalue weighted by Crippen LogP contribution is -2.15. The van der Waals surface area contributed by atoms with Crippen LogP contribution in [-0.2, 0) is 0 Å². The molecule has 0 aliphatic carbocycles. The van der Waals surface area contributed by atoms with Gasteiger partial charge in [0.2, 0.25) is 0 Å². The molecule has 0 aliphatic rings. The molecule has 0 saturated heterocycles. The van der Waals surface area contributed by atoms with E-state index in [1.54, 1.807) is 24.3 Å². The van der Waals surface area contributed by atoms with E-state index in [9.17, 15) is 14.0 Å². The highest BCUT2D eigenvalue weighted by Crippen LogP contribution is 2.18. The van der Waals surface area contributed by atoms with Crippen molar-refractivity contribution in [3.05, 3.63) is 59.4 Å². The molecule has 2 aromatic rings. The first kappa shape index (κ1) is 13.7. The molecule has 0 aliphatic heterocycles. The number of nitrogens with one attached hydrogen (secondary N) is 1. The van der Waals surface area contributed by atoms with Gasteiger partial charge in [0, 0.05) is 11.3 Å². The van der Waals surface area contributed by atoms with Gasteiger partial charge in [-0.15, -0.1) is 0 Å². The summed E-state index contributed by atoms with van der Waals surface area (Å²) in [6.07, 6.45) is 0. The number of Topliss-reactive ketones (excluding diaryl/α,β-unsaturated/α-hetero) is 1. The first-order chi connectivity index (χ1) is 9.49. The minimum absolute atomic E-state index is 0.0539. The fourth-order valence-electron chi connectivity index (χ4n) is 1.75. The third-order valence-electron chi connectivity index (χ3n) is 2.82. The number of anilines is 2. The number of para-hydroxylation sites is 1. The molecule has 0 heterocycles. The third kappa shape index (κ3) is 2.83. The van der Waals surface area contributed by atoms with Gasteiger partial charge < -0.3 is 11.1 Å². The molecular weight excluding hydrogens is 259 g/mol. The summed E-state index contributed by atoms with van der Waals surface area (Å²) in [5.41, 5.74) is 6.31. The second-order valence-electron chi connectivity index (χ2n) is 4.29. The van der Waals surface area contributed by atoms with Gasteiger partial charge in [-0.2, -0.15) is 0 Å². The Morgan fingerprint density at radius 1 is 1.15 bits per heavy atom. The number of halogens is 1. The number of nitrogens with two attached hydrogens (primary N) is 1. The van der Waals surface area contributed by atoms with E-state index in [-0.39, 0.29) is 17.0 Å². The zero-order valence-electron chi connectivity index (χ0n) is 10.8. The van der Waals surface area contributed by atoms with Crippen LogP contribution in [0.1, 0.15) is 27.6 Å². The minimum atomic E-state index is -0.643. The molecule has 102 valence electrons. The molecule has 0 unspecified atom stereocenters. The van der Waals surface area contributed by atoms with Crippen LogP contribution in [0.2, 0.25) is 0 Å². The zero-order chi connectivity index (χ0) is 14.7. The summed E-state index contributed by atoms with van der Waals surface area (Å²) >= 11 is 0. The number of ketones is 1. The van der Waals surface area contributed by atoms with E-state index in [2.05, 4.69) is 5.32 Å². The van der Waals surface area contributed by atoms with Gasteiger partial charge in [0.25, 0.3) is 5.91 Å². The Labute approximate surface area is 115 Å². The number of hydrogen-bond donors (Lipinski definition) is 2. The van der Waals surface area contributed by atoms with E-state index in [0.717, 1.165) is 0 Å². The van der Waals surface area contributed by atoms with Crippen molar-refractivity contribution < 1.29 is 14.0 Å². The van der Waals surface area contributed by atoms with Crippen molar-refractivity contribution in [2.45, 2.75) is 6.92 Å². The maximum atomic E-state index is 13.3. The number of amides is 1. The van der Waals surface area contributed by atoms with Crippen molar-refractivity contribution in [2.24, 2.45) is 0 Å². The molecule has 1 amide bonds. The van der Waals surface area contributed by atoms with Crippen molar-refractivity contribution in [2.75, 3.05) is 11.1 Å². The zero-order valence-corrected chi connectivity index (χ0v) is 10.8. The maximum absolute atomic E-state index is 13.3. The lowest BCUT2D eigenvalue weighted by Gasteiger charge is -2.08. The van der Waals surface area contributed by atoms with E-state index in [1.165, 1.54) is 25.1 Å². The van der Waals surface area contributed by atoms with E-state index < -0.39 is 11.7 Å². The van der Waals surface area contributed by atoms with Gasteiger partial charge in [-0.1, -0.05) is 18.2 Å². The number of nitrogen functional groups attached to an aromatic ring is 1. The maximum Gasteiger partial charge on any atom is 0.257 e. The molecule has 0 fully saturated rings. The molecule has 3 N–H and O–H groups in total. The van der Waals surface area contributed by atoms with E-state index >= 15 is 0 Å². The lowest BCUT2D eigenvalue weighted by atomic mass is 10.1. The summed E-state index contributed by atoms with van der Waals surface area (Å²) in [6.45, 7) is 1.44.